The van der Waals surface area contributed by atoms with Crippen molar-refractivity contribution in [1.29, 1.82) is 0 Å². The number of aryl methyl sites for hydroxylation is 1. The quantitative estimate of drug-likeness (QED) is 0.420. The number of aliphatic imine (C=N–C) groups is 1. The zero-order valence-corrected chi connectivity index (χ0v) is 17.6. The molecule has 0 amide bonds. The predicted octanol–water partition coefficient (Wildman–Crippen LogP) is 1.31. The first-order chi connectivity index (χ1) is 11.7. The van der Waals surface area contributed by atoms with Crippen molar-refractivity contribution in [2.45, 2.75) is 38.3 Å². The Morgan fingerprint density at radius 1 is 1.24 bits per heavy atom. The molecule has 1 aromatic rings. The van der Waals surface area contributed by atoms with Crippen molar-refractivity contribution in [2.24, 2.45) is 23.9 Å². The lowest BCUT2D eigenvalue weighted by molar-refractivity contribution is 0.0958. The lowest BCUT2D eigenvalue weighted by atomic mass is 9.93. The third-order valence-corrected chi connectivity index (χ3v) is 6.21. The van der Waals surface area contributed by atoms with E-state index >= 15 is 0 Å². The van der Waals surface area contributed by atoms with Gasteiger partial charge in [-0.3, -0.25) is 14.6 Å². The molecule has 3 atom stereocenters. The van der Waals surface area contributed by atoms with Gasteiger partial charge in [0.2, 0.25) is 0 Å². The topological polar surface area (TPSA) is 61.6 Å². The van der Waals surface area contributed by atoms with Crippen molar-refractivity contribution in [3.05, 3.63) is 12.2 Å². The Morgan fingerprint density at radius 2 is 2.04 bits per heavy atom. The second-order valence-corrected chi connectivity index (χ2v) is 7.47. The van der Waals surface area contributed by atoms with E-state index in [-0.39, 0.29) is 24.0 Å². The van der Waals surface area contributed by atoms with Crippen molar-refractivity contribution in [3.8, 4) is 0 Å². The molecule has 4 rings (SSSR count). The van der Waals surface area contributed by atoms with Gasteiger partial charge in [0, 0.05) is 46.3 Å². The van der Waals surface area contributed by atoms with Crippen LogP contribution in [0, 0.1) is 11.8 Å². The third kappa shape index (κ3) is 3.94. The van der Waals surface area contributed by atoms with Crippen molar-refractivity contribution in [3.63, 3.8) is 0 Å². The molecular weight excluding hydrogens is 429 g/mol. The van der Waals surface area contributed by atoms with E-state index in [1.54, 1.807) is 11.0 Å². The van der Waals surface area contributed by atoms with Gasteiger partial charge >= 0.3 is 0 Å². The molecule has 0 radical (unpaired) electrons. The van der Waals surface area contributed by atoms with Gasteiger partial charge in [0.1, 0.15) is 12.2 Å². The number of rotatable bonds is 3. The zero-order valence-electron chi connectivity index (χ0n) is 15.3. The van der Waals surface area contributed by atoms with Gasteiger partial charge in [-0.1, -0.05) is 6.42 Å². The highest BCUT2D eigenvalue weighted by Gasteiger charge is 2.42. The molecule has 0 spiro atoms. The minimum Gasteiger partial charge on any atom is -0.349 e. The molecule has 2 bridgehead atoms. The standard InChI is InChI=1S/C17H29N7.HI/c1-18-17(19-11-16-20-12-21-22(16)2)24-7-5-23(6-8-24)15-10-13-3-4-14(15)9-13;/h12-15H,3-11H2,1-2H3,(H,18,19);1H. The van der Waals surface area contributed by atoms with Gasteiger partial charge in [-0.05, 0) is 31.1 Å². The summed E-state index contributed by atoms with van der Waals surface area (Å²) in [6.45, 7) is 5.12. The zero-order chi connectivity index (χ0) is 16.5. The Kier molecular flexibility index (Phi) is 6.19. The van der Waals surface area contributed by atoms with E-state index in [1.165, 1.54) is 38.8 Å². The van der Waals surface area contributed by atoms with Crippen LogP contribution in [0.15, 0.2) is 11.3 Å². The highest BCUT2D eigenvalue weighted by molar-refractivity contribution is 14.0. The summed E-state index contributed by atoms with van der Waals surface area (Å²) in [6.07, 6.45) is 7.49. The van der Waals surface area contributed by atoms with Crippen LogP contribution in [-0.2, 0) is 13.6 Å². The Bertz CT molecular complexity index is 594. The predicted molar refractivity (Wildman–Crippen MR) is 109 cm³/mol. The van der Waals surface area contributed by atoms with Crippen molar-refractivity contribution in [1.82, 2.24) is 29.9 Å². The van der Waals surface area contributed by atoms with Gasteiger partial charge in [0.15, 0.2) is 5.96 Å². The summed E-state index contributed by atoms with van der Waals surface area (Å²) >= 11 is 0. The van der Waals surface area contributed by atoms with Crippen LogP contribution in [0.2, 0.25) is 0 Å². The maximum absolute atomic E-state index is 4.46. The Balaban J connectivity index is 0.00000182. The van der Waals surface area contributed by atoms with Crippen molar-refractivity contribution >= 4 is 29.9 Å². The molecule has 1 saturated heterocycles. The van der Waals surface area contributed by atoms with Crippen molar-refractivity contribution in [2.75, 3.05) is 33.2 Å². The van der Waals surface area contributed by atoms with E-state index in [0.29, 0.717) is 6.54 Å². The molecule has 140 valence electrons. The number of hydrogen-bond donors (Lipinski definition) is 1. The summed E-state index contributed by atoms with van der Waals surface area (Å²) in [4.78, 5) is 13.8. The third-order valence-electron chi connectivity index (χ3n) is 6.21. The summed E-state index contributed by atoms with van der Waals surface area (Å²) in [7, 11) is 3.78. The molecule has 3 fully saturated rings. The van der Waals surface area contributed by atoms with Crippen LogP contribution in [0.5, 0.6) is 0 Å². The molecule has 1 N–H and O–H groups in total. The van der Waals surface area contributed by atoms with Gasteiger partial charge in [0.25, 0.3) is 0 Å². The van der Waals surface area contributed by atoms with Crippen LogP contribution < -0.4 is 5.32 Å². The largest absolute Gasteiger partial charge is 0.349 e. The number of nitrogens with one attached hydrogen (secondary N) is 1. The number of nitrogens with zero attached hydrogens (tertiary/aromatic N) is 6. The first kappa shape index (κ1) is 18.9. The molecule has 1 aromatic heterocycles. The fourth-order valence-corrected chi connectivity index (χ4v) is 4.89. The summed E-state index contributed by atoms with van der Waals surface area (Å²) in [5.41, 5.74) is 0. The minimum absolute atomic E-state index is 0. The molecule has 2 saturated carbocycles. The van der Waals surface area contributed by atoms with Crippen molar-refractivity contribution < 1.29 is 0 Å². The van der Waals surface area contributed by atoms with E-state index < -0.39 is 0 Å². The summed E-state index contributed by atoms with van der Waals surface area (Å²) in [6, 6.07) is 0.861. The van der Waals surface area contributed by atoms with Gasteiger partial charge in [-0.25, -0.2) is 4.98 Å². The maximum atomic E-state index is 4.46. The molecule has 3 unspecified atom stereocenters. The van der Waals surface area contributed by atoms with E-state index in [4.69, 9.17) is 0 Å². The van der Waals surface area contributed by atoms with Crippen LogP contribution >= 0.6 is 24.0 Å². The Morgan fingerprint density at radius 3 is 2.60 bits per heavy atom. The SMILES string of the molecule is CN=C(NCc1ncnn1C)N1CCN(C2CC3CCC2C3)CC1.I. The van der Waals surface area contributed by atoms with E-state index in [1.807, 2.05) is 14.1 Å². The molecule has 25 heavy (non-hydrogen) atoms. The first-order valence-corrected chi connectivity index (χ1v) is 9.27. The summed E-state index contributed by atoms with van der Waals surface area (Å²) < 4.78 is 1.80. The molecule has 1 aliphatic heterocycles. The molecule has 3 aliphatic rings. The first-order valence-electron chi connectivity index (χ1n) is 9.27. The highest BCUT2D eigenvalue weighted by atomic mass is 127. The Hall–Kier alpha value is -0.900. The van der Waals surface area contributed by atoms with Crippen LogP contribution in [0.25, 0.3) is 0 Å². The smallest absolute Gasteiger partial charge is 0.194 e. The number of halogens is 1. The van der Waals surface area contributed by atoms with E-state index in [0.717, 1.165) is 42.8 Å². The van der Waals surface area contributed by atoms with Crippen LogP contribution in [-0.4, -0.2) is 69.8 Å². The second-order valence-electron chi connectivity index (χ2n) is 7.47. The lowest BCUT2D eigenvalue weighted by Crippen LogP contribution is -2.55. The fraction of sp³-hybridized carbons (Fsp3) is 0.824. The molecular formula is C17H30IN7. The van der Waals surface area contributed by atoms with Crippen LogP contribution in [0.1, 0.15) is 31.5 Å². The normalized spacial score (nSPS) is 29.8. The average molecular weight is 459 g/mol. The molecule has 7 nitrogen and oxygen atoms in total. The van der Waals surface area contributed by atoms with Gasteiger partial charge in [-0.2, -0.15) is 5.10 Å². The lowest BCUT2D eigenvalue weighted by Gasteiger charge is -2.41. The van der Waals surface area contributed by atoms with Crippen LogP contribution in [0.3, 0.4) is 0 Å². The monoisotopic (exact) mass is 459 g/mol. The highest BCUT2D eigenvalue weighted by Crippen LogP contribution is 2.46. The summed E-state index contributed by atoms with van der Waals surface area (Å²) in [5.74, 6) is 3.91. The van der Waals surface area contributed by atoms with Crippen LogP contribution in [0.4, 0.5) is 0 Å². The average Bonchev–Trinajstić information content (AvgIpc) is 3.33. The van der Waals surface area contributed by atoms with E-state index in [9.17, 15) is 0 Å². The molecule has 0 aromatic carbocycles. The van der Waals surface area contributed by atoms with Gasteiger partial charge in [0.05, 0.1) is 6.54 Å². The maximum Gasteiger partial charge on any atom is 0.194 e. The van der Waals surface area contributed by atoms with Gasteiger partial charge < -0.3 is 10.2 Å². The Labute approximate surface area is 167 Å². The molecule has 2 heterocycles. The molecule has 2 aliphatic carbocycles. The number of aromatic nitrogens is 3. The van der Waals surface area contributed by atoms with E-state index in [2.05, 4.69) is 30.2 Å². The summed E-state index contributed by atoms with van der Waals surface area (Å²) in [5, 5.41) is 7.54. The molecule has 8 heteroatoms. The second kappa shape index (κ2) is 8.20. The fourth-order valence-electron chi connectivity index (χ4n) is 4.89. The van der Waals surface area contributed by atoms with Gasteiger partial charge in [-0.15, -0.1) is 24.0 Å². The number of hydrogen-bond acceptors (Lipinski definition) is 4. The minimum atomic E-state index is 0. The number of piperazine rings is 1. The number of fused-ring (bicyclic) bond motifs is 2. The number of guanidine groups is 1.